The number of methoxy groups -OCH3 is 2. The molecule has 1 aliphatic carbocycles. The third-order valence-electron chi connectivity index (χ3n) is 3.52. The Labute approximate surface area is 132 Å². The van der Waals surface area contributed by atoms with Crippen LogP contribution in [0, 0.1) is 11.3 Å². The third-order valence-corrected chi connectivity index (χ3v) is 3.52. The van der Waals surface area contributed by atoms with Gasteiger partial charge in [-0.05, 0) is 25.0 Å². The SMILES string of the molecule is COc1cc(OC)cc(C(=O)Nc2oc(C3CC3)nc2C#N)c1. The number of ether oxygens (including phenoxy) is 2. The molecule has 1 heterocycles. The maximum absolute atomic E-state index is 12.4. The van der Waals surface area contributed by atoms with Crippen LogP contribution in [0.15, 0.2) is 22.6 Å². The number of rotatable bonds is 5. The van der Waals surface area contributed by atoms with Crippen molar-refractivity contribution >= 4 is 11.8 Å². The topological polar surface area (TPSA) is 97.4 Å². The fourth-order valence-corrected chi connectivity index (χ4v) is 2.12. The molecule has 1 N–H and O–H groups in total. The summed E-state index contributed by atoms with van der Waals surface area (Å²) >= 11 is 0. The molecule has 0 radical (unpaired) electrons. The average Bonchev–Trinajstić information content (AvgIpc) is 3.35. The summed E-state index contributed by atoms with van der Waals surface area (Å²) in [7, 11) is 3.01. The minimum absolute atomic E-state index is 0.0705. The lowest BCUT2D eigenvalue weighted by atomic mass is 10.2. The van der Waals surface area contributed by atoms with E-state index in [1.807, 2.05) is 6.07 Å². The second-order valence-corrected chi connectivity index (χ2v) is 5.17. The summed E-state index contributed by atoms with van der Waals surface area (Å²) in [4.78, 5) is 16.5. The lowest BCUT2D eigenvalue weighted by molar-refractivity contribution is 0.102. The van der Waals surface area contributed by atoms with Crippen molar-refractivity contribution < 1.29 is 18.7 Å². The number of oxazole rings is 1. The highest BCUT2D eigenvalue weighted by molar-refractivity contribution is 6.04. The molecule has 7 nitrogen and oxygen atoms in total. The average molecular weight is 313 g/mol. The molecule has 0 atom stereocenters. The van der Waals surface area contributed by atoms with Gasteiger partial charge < -0.3 is 13.9 Å². The second-order valence-electron chi connectivity index (χ2n) is 5.17. The molecule has 2 aromatic rings. The molecule has 1 saturated carbocycles. The molecular formula is C16H15N3O4. The molecule has 1 aromatic carbocycles. The highest BCUT2D eigenvalue weighted by atomic mass is 16.5. The number of nitrogens with one attached hydrogen (secondary N) is 1. The van der Waals surface area contributed by atoms with Gasteiger partial charge in [-0.25, -0.2) is 4.98 Å². The normalized spacial score (nSPS) is 13.3. The fourth-order valence-electron chi connectivity index (χ4n) is 2.12. The van der Waals surface area contributed by atoms with E-state index in [1.54, 1.807) is 18.2 Å². The summed E-state index contributed by atoms with van der Waals surface area (Å²) in [6.45, 7) is 0. The van der Waals surface area contributed by atoms with Crippen LogP contribution in [0.4, 0.5) is 5.88 Å². The lowest BCUT2D eigenvalue weighted by Gasteiger charge is -2.08. The van der Waals surface area contributed by atoms with Crippen molar-refractivity contribution in [2.45, 2.75) is 18.8 Å². The van der Waals surface area contributed by atoms with Gasteiger partial charge in [-0.1, -0.05) is 0 Å². The largest absolute Gasteiger partial charge is 0.497 e. The number of aromatic nitrogens is 1. The van der Waals surface area contributed by atoms with E-state index in [9.17, 15) is 4.79 Å². The number of benzene rings is 1. The van der Waals surface area contributed by atoms with E-state index in [4.69, 9.17) is 19.2 Å². The van der Waals surface area contributed by atoms with Gasteiger partial charge in [0.05, 0.1) is 14.2 Å². The summed E-state index contributed by atoms with van der Waals surface area (Å²) in [5.74, 6) is 1.38. The van der Waals surface area contributed by atoms with Gasteiger partial charge in [0.1, 0.15) is 17.6 Å². The van der Waals surface area contributed by atoms with Crippen LogP contribution in [0.25, 0.3) is 0 Å². The van der Waals surface area contributed by atoms with Crippen LogP contribution in [0.5, 0.6) is 11.5 Å². The van der Waals surface area contributed by atoms with Crippen LogP contribution in [-0.2, 0) is 0 Å². The molecule has 3 rings (SSSR count). The highest BCUT2D eigenvalue weighted by Gasteiger charge is 2.30. The van der Waals surface area contributed by atoms with E-state index >= 15 is 0 Å². The van der Waals surface area contributed by atoms with E-state index in [-0.39, 0.29) is 17.5 Å². The Balaban J connectivity index is 1.85. The first-order valence-corrected chi connectivity index (χ1v) is 7.10. The van der Waals surface area contributed by atoms with Crippen molar-refractivity contribution in [2.75, 3.05) is 19.5 Å². The van der Waals surface area contributed by atoms with Crippen LogP contribution in [0.2, 0.25) is 0 Å². The molecule has 118 valence electrons. The van der Waals surface area contributed by atoms with E-state index in [2.05, 4.69) is 10.3 Å². The minimum atomic E-state index is -0.433. The minimum Gasteiger partial charge on any atom is -0.497 e. The summed E-state index contributed by atoms with van der Waals surface area (Å²) in [6, 6.07) is 6.74. The predicted octanol–water partition coefficient (Wildman–Crippen LogP) is 2.69. The van der Waals surface area contributed by atoms with E-state index in [1.165, 1.54) is 14.2 Å². The first-order chi connectivity index (χ1) is 11.1. The van der Waals surface area contributed by atoms with Gasteiger partial charge in [0, 0.05) is 17.5 Å². The number of carbonyl (C=O) groups is 1. The van der Waals surface area contributed by atoms with Gasteiger partial charge in [0.15, 0.2) is 0 Å². The first-order valence-electron chi connectivity index (χ1n) is 7.10. The Kier molecular flexibility index (Phi) is 3.89. The van der Waals surface area contributed by atoms with E-state index in [0.717, 1.165) is 12.8 Å². The fraction of sp³-hybridized carbons (Fsp3) is 0.312. The maximum Gasteiger partial charge on any atom is 0.258 e. The van der Waals surface area contributed by atoms with Crippen molar-refractivity contribution in [1.29, 1.82) is 5.26 Å². The van der Waals surface area contributed by atoms with Crippen LogP contribution in [0.3, 0.4) is 0 Å². The second kappa shape index (κ2) is 6.01. The van der Waals surface area contributed by atoms with Crippen LogP contribution in [-0.4, -0.2) is 25.1 Å². The molecule has 1 fully saturated rings. The number of anilines is 1. The van der Waals surface area contributed by atoms with E-state index < -0.39 is 5.91 Å². The van der Waals surface area contributed by atoms with Gasteiger partial charge in [-0.3, -0.25) is 10.1 Å². The van der Waals surface area contributed by atoms with Crippen molar-refractivity contribution in [3.05, 3.63) is 35.3 Å². The molecule has 23 heavy (non-hydrogen) atoms. The Morgan fingerprint density at radius 3 is 2.48 bits per heavy atom. The molecule has 0 bridgehead atoms. The number of hydrogen-bond donors (Lipinski definition) is 1. The molecule has 0 unspecified atom stereocenters. The first kappa shape index (κ1) is 14.9. The molecule has 1 aromatic heterocycles. The monoisotopic (exact) mass is 313 g/mol. The smallest absolute Gasteiger partial charge is 0.258 e. The lowest BCUT2D eigenvalue weighted by Crippen LogP contribution is -2.12. The molecule has 0 spiro atoms. The maximum atomic E-state index is 12.4. The zero-order chi connectivity index (χ0) is 16.4. The Morgan fingerprint density at radius 2 is 1.96 bits per heavy atom. The zero-order valence-electron chi connectivity index (χ0n) is 12.8. The van der Waals surface area contributed by atoms with Gasteiger partial charge in [0.25, 0.3) is 5.91 Å². The summed E-state index contributed by atoms with van der Waals surface area (Å²) < 4.78 is 15.8. The third kappa shape index (κ3) is 3.11. The number of hydrogen-bond acceptors (Lipinski definition) is 6. The molecule has 1 aliphatic rings. The van der Waals surface area contributed by atoms with Gasteiger partial charge >= 0.3 is 0 Å². The molecule has 0 aliphatic heterocycles. The number of amides is 1. The van der Waals surface area contributed by atoms with Crippen LogP contribution < -0.4 is 14.8 Å². The number of nitriles is 1. The quantitative estimate of drug-likeness (QED) is 0.911. The summed E-state index contributed by atoms with van der Waals surface area (Å²) in [5.41, 5.74) is 0.407. The summed E-state index contributed by atoms with van der Waals surface area (Å²) in [6.07, 6.45) is 1.98. The Morgan fingerprint density at radius 1 is 1.30 bits per heavy atom. The zero-order valence-corrected chi connectivity index (χ0v) is 12.8. The van der Waals surface area contributed by atoms with Crippen molar-refractivity contribution in [3.8, 4) is 17.6 Å². The van der Waals surface area contributed by atoms with E-state index in [0.29, 0.717) is 23.0 Å². The van der Waals surface area contributed by atoms with Crippen molar-refractivity contribution in [3.63, 3.8) is 0 Å². The molecular weight excluding hydrogens is 298 g/mol. The van der Waals surface area contributed by atoms with Crippen molar-refractivity contribution in [2.24, 2.45) is 0 Å². The highest BCUT2D eigenvalue weighted by Crippen LogP contribution is 2.41. The molecule has 0 saturated heterocycles. The number of carbonyl (C=O) groups excluding carboxylic acids is 1. The predicted molar refractivity (Wildman–Crippen MR) is 80.7 cm³/mol. The molecule has 1 amide bonds. The van der Waals surface area contributed by atoms with Gasteiger partial charge in [0.2, 0.25) is 17.5 Å². The number of nitrogens with zero attached hydrogens (tertiary/aromatic N) is 2. The van der Waals surface area contributed by atoms with Crippen molar-refractivity contribution in [1.82, 2.24) is 4.98 Å². The Bertz CT molecular complexity index is 765. The van der Waals surface area contributed by atoms with Crippen LogP contribution >= 0.6 is 0 Å². The van der Waals surface area contributed by atoms with Gasteiger partial charge in [-0.2, -0.15) is 5.26 Å². The Hall–Kier alpha value is -3.01. The van der Waals surface area contributed by atoms with Gasteiger partial charge in [-0.15, -0.1) is 0 Å². The van der Waals surface area contributed by atoms with Crippen LogP contribution in [0.1, 0.15) is 40.7 Å². The summed E-state index contributed by atoms with van der Waals surface area (Å²) in [5, 5.41) is 11.7. The standard InChI is InChI=1S/C16H15N3O4/c1-21-11-5-10(6-12(7-11)22-2)14(20)19-16-13(8-17)18-15(23-16)9-3-4-9/h5-7,9H,3-4H2,1-2H3,(H,19,20). The molecule has 7 heteroatoms.